The molecule has 1 heterocycles. The summed E-state index contributed by atoms with van der Waals surface area (Å²) in [6.07, 6.45) is -1.10. The summed E-state index contributed by atoms with van der Waals surface area (Å²) in [4.78, 5) is 55.7. The van der Waals surface area contributed by atoms with E-state index in [1.807, 2.05) is 74.5 Å². The van der Waals surface area contributed by atoms with E-state index in [0.717, 1.165) is 11.1 Å². The third-order valence-corrected chi connectivity index (χ3v) is 6.82. The molecule has 0 fully saturated rings. The smallest absolute Gasteiger partial charge is 0.408 e. The number of hydrogen-bond acceptors (Lipinski definition) is 7. The van der Waals surface area contributed by atoms with Gasteiger partial charge in [0.2, 0.25) is 5.60 Å². The number of carbonyl (C=O) groups excluding carboxylic acids is 3. The number of halogens is 1. The number of nitrogens with zero attached hydrogens (tertiary/aromatic N) is 1. The predicted octanol–water partition coefficient (Wildman–Crippen LogP) is 3.62. The Morgan fingerprint density at radius 2 is 1.64 bits per heavy atom. The van der Waals surface area contributed by atoms with Gasteiger partial charge in [-0.3, -0.25) is 14.4 Å². The molecule has 208 valence electrons. The summed E-state index contributed by atoms with van der Waals surface area (Å²) < 4.78 is 5.37. The molecule has 0 saturated heterocycles. The lowest BCUT2D eigenvalue weighted by molar-refractivity contribution is -0.147. The molecule has 1 aliphatic rings. The zero-order valence-corrected chi connectivity index (χ0v) is 23.3. The van der Waals surface area contributed by atoms with E-state index in [-0.39, 0.29) is 30.7 Å². The summed E-state index contributed by atoms with van der Waals surface area (Å²) in [5.41, 5.74) is 0.488. The van der Waals surface area contributed by atoms with E-state index in [1.165, 1.54) is 0 Å². The number of carboxylic acid groups (broad SMARTS) is 1. The number of oxime groups is 1. The van der Waals surface area contributed by atoms with Crippen molar-refractivity contribution in [1.29, 1.82) is 0 Å². The van der Waals surface area contributed by atoms with Crippen LogP contribution >= 0.6 is 15.9 Å². The number of carboxylic acids is 1. The molecule has 0 aliphatic carbocycles. The van der Waals surface area contributed by atoms with Gasteiger partial charge in [0.05, 0.1) is 29.5 Å². The van der Waals surface area contributed by atoms with Crippen molar-refractivity contribution in [2.75, 3.05) is 5.33 Å². The molecule has 0 spiro atoms. The Kier molecular flexibility index (Phi) is 10.6. The maximum Gasteiger partial charge on any atom is 0.408 e. The number of carbonyl (C=O) groups is 4. The predicted molar refractivity (Wildman–Crippen MR) is 147 cm³/mol. The van der Waals surface area contributed by atoms with Gasteiger partial charge in [0.15, 0.2) is 5.78 Å². The first-order valence-electron chi connectivity index (χ1n) is 12.5. The molecule has 1 aliphatic heterocycles. The molecule has 0 radical (unpaired) electrons. The molecule has 2 aromatic rings. The Bertz CT molecular complexity index is 1190. The van der Waals surface area contributed by atoms with Gasteiger partial charge in [-0.2, -0.15) is 0 Å². The van der Waals surface area contributed by atoms with E-state index in [4.69, 9.17) is 9.57 Å². The summed E-state index contributed by atoms with van der Waals surface area (Å²) in [7, 11) is 0. The molecule has 39 heavy (non-hydrogen) atoms. The zero-order chi connectivity index (χ0) is 28.4. The van der Waals surface area contributed by atoms with E-state index in [0.29, 0.717) is 5.71 Å². The van der Waals surface area contributed by atoms with Crippen LogP contribution in [-0.2, 0) is 37.0 Å². The lowest BCUT2D eigenvalue weighted by atomic mass is 9.84. The Labute approximate surface area is 235 Å². The highest BCUT2D eigenvalue weighted by Gasteiger charge is 2.49. The van der Waals surface area contributed by atoms with Crippen molar-refractivity contribution in [2.24, 2.45) is 11.1 Å². The number of ketones is 1. The minimum absolute atomic E-state index is 0.0117. The van der Waals surface area contributed by atoms with Crippen LogP contribution in [0, 0.1) is 5.92 Å². The molecule has 0 saturated carbocycles. The second kappa shape index (κ2) is 13.9. The first-order valence-corrected chi connectivity index (χ1v) is 13.6. The maximum absolute atomic E-state index is 13.6. The SMILES string of the molecule is CC(C)C(NC(=O)OCc1ccccc1)C1=NOC(Cc2ccccc2)(C(=O)N[C@@H](CC(=O)O)C(=O)CBr)C1. The second-order valence-corrected chi connectivity index (χ2v) is 10.2. The Morgan fingerprint density at radius 1 is 1.03 bits per heavy atom. The van der Waals surface area contributed by atoms with Crippen LogP contribution in [0.15, 0.2) is 65.8 Å². The number of alkyl halides is 1. The third kappa shape index (κ3) is 8.38. The van der Waals surface area contributed by atoms with Gasteiger partial charge in [-0.05, 0) is 17.0 Å². The second-order valence-electron chi connectivity index (χ2n) is 9.66. The Hall–Kier alpha value is -3.73. The van der Waals surface area contributed by atoms with Gasteiger partial charge in [-0.15, -0.1) is 0 Å². The van der Waals surface area contributed by atoms with Crippen LogP contribution in [0.4, 0.5) is 4.79 Å². The summed E-state index contributed by atoms with van der Waals surface area (Å²) in [6.45, 7) is 3.87. The molecule has 3 rings (SSSR count). The summed E-state index contributed by atoms with van der Waals surface area (Å²) in [5.74, 6) is -2.50. The number of alkyl carbamates (subject to hydrolysis) is 1. The summed E-state index contributed by atoms with van der Waals surface area (Å²) >= 11 is 3.04. The number of benzene rings is 2. The lowest BCUT2D eigenvalue weighted by Gasteiger charge is -2.28. The Balaban J connectivity index is 1.79. The average Bonchev–Trinajstić information content (AvgIpc) is 3.35. The van der Waals surface area contributed by atoms with Crippen molar-refractivity contribution in [2.45, 2.75) is 57.4 Å². The van der Waals surface area contributed by atoms with Crippen LogP contribution in [0.3, 0.4) is 0 Å². The van der Waals surface area contributed by atoms with Crippen LogP contribution in [0.2, 0.25) is 0 Å². The highest BCUT2D eigenvalue weighted by atomic mass is 79.9. The monoisotopic (exact) mass is 601 g/mol. The largest absolute Gasteiger partial charge is 0.481 e. The number of hydrogen-bond donors (Lipinski definition) is 3. The standard InChI is InChI=1S/C28H32BrN3O7/c1-18(2)25(31-27(37)38-17-20-11-7-4-8-12-20)22-15-28(39-32-22,14-19-9-5-3-6-10-19)26(36)30-21(13-24(34)35)23(33)16-29/h3-12,18,21,25H,13-17H2,1-2H3,(H,30,36)(H,31,37)(H,34,35)/t21-,25?,28?/m0/s1. The highest BCUT2D eigenvalue weighted by Crippen LogP contribution is 2.31. The fourth-order valence-corrected chi connectivity index (χ4v) is 4.61. The molecule has 0 bridgehead atoms. The van der Waals surface area contributed by atoms with Crippen molar-refractivity contribution in [3.63, 3.8) is 0 Å². The third-order valence-electron chi connectivity index (χ3n) is 6.27. The number of aliphatic carboxylic acids is 1. The van der Waals surface area contributed by atoms with Gasteiger partial charge in [-0.25, -0.2) is 4.79 Å². The van der Waals surface area contributed by atoms with Crippen LogP contribution in [0.1, 0.15) is 37.8 Å². The molecule has 2 unspecified atom stereocenters. The normalized spacial score (nSPS) is 17.9. The van der Waals surface area contributed by atoms with Crippen molar-refractivity contribution in [3.8, 4) is 0 Å². The van der Waals surface area contributed by atoms with Crippen LogP contribution in [0.25, 0.3) is 0 Å². The minimum Gasteiger partial charge on any atom is -0.481 e. The molecule has 11 heteroatoms. The lowest BCUT2D eigenvalue weighted by Crippen LogP contribution is -2.55. The molecule has 2 aromatic carbocycles. The fourth-order valence-electron chi connectivity index (χ4n) is 4.22. The first-order chi connectivity index (χ1) is 18.6. The van der Waals surface area contributed by atoms with Gasteiger partial charge >= 0.3 is 12.1 Å². The fraction of sp³-hybridized carbons (Fsp3) is 0.393. The molecule has 2 amide bonds. The van der Waals surface area contributed by atoms with Crippen molar-refractivity contribution < 1.29 is 33.9 Å². The van der Waals surface area contributed by atoms with Crippen LogP contribution in [-0.4, -0.2) is 57.6 Å². The Morgan fingerprint density at radius 3 is 2.21 bits per heavy atom. The first kappa shape index (κ1) is 29.8. The summed E-state index contributed by atoms with van der Waals surface area (Å²) in [6, 6.07) is 16.5. The summed E-state index contributed by atoms with van der Waals surface area (Å²) in [5, 5.41) is 18.7. The van der Waals surface area contributed by atoms with E-state index < -0.39 is 47.9 Å². The van der Waals surface area contributed by atoms with Crippen LogP contribution < -0.4 is 10.6 Å². The molecular formula is C28H32BrN3O7. The van der Waals surface area contributed by atoms with Gasteiger partial charge in [-0.1, -0.05) is 95.6 Å². The topological polar surface area (TPSA) is 143 Å². The quantitative estimate of drug-likeness (QED) is 0.297. The number of rotatable bonds is 13. The molecule has 3 atom stereocenters. The maximum atomic E-state index is 13.6. The van der Waals surface area contributed by atoms with Crippen LogP contribution in [0.5, 0.6) is 0 Å². The van der Waals surface area contributed by atoms with Gasteiger partial charge < -0.3 is 25.3 Å². The van der Waals surface area contributed by atoms with Gasteiger partial charge in [0, 0.05) is 12.8 Å². The number of nitrogens with one attached hydrogen (secondary N) is 2. The van der Waals surface area contributed by atoms with E-state index in [9.17, 15) is 24.3 Å². The van der Waals surface area contributed by atoms with Crippen molar-refractivity contribution >= 4 is 45.4 Å². The number of ether oxygens (including phenoxy) is 1. The van der Waals surface area contributed by atoms with E-state index in [2.05, 4.69) is 31.7 Å². The molecule has 3 N–H and O–H groups in total. The highest BCUT2D eigenvalue weighted by molar-refractivity contribution is 9.09. The number of amides is 2. The van der Waals surface area contributed by atoms with E-state index in [1.54, 1.807) is 0 Å². The molecule has 10 nitrogen and oxygen atoms in total. The van der Waals surface area contributed by atoms with Gasteiger partial charge in [0.25, 0.3) is 5.91 Å². The molecular weight excluding hydrogens is 570 g/mol. The van der Waals surface area contributed by atoms with Crippen molar-refractivity contribution in [1.82, 2.24) is 10.6 Å². The van der Waals surface area contributed by atoms with Crippen molar-refractivity contribution in [3.05, 3.63) is 71.8 Å². The minimum atomic E-state index is -1.55. The molecule has 0 aromatic heterocycles. The van der Waals surface area contributed by atoms with E-state index >= 15 is 0 Å². The number of Topliss-reactive ketones (excluding diaryl/α,β-unsaturated/α-hetero) is 1. The average molecular weight is 602 g/mol. The van der Waals surface area contributed by atoms with Gasteiger partial charge in [0.1, 0.15) is 6.61 Å². The zero-order valence-electron chi connectivity index (χ0n) is 21.8.